The van der Waals surface area contributed by atoms with Crippen LogP contribution in [0.15, 0.2) is 0 Å². The van der Waals surface area contributed by atoms with Crippen molar-refractivity contribution in [2.45, 2.75) is 65.0 Å². The Morgan fingerprint density at radius 3 is 2.42 bits per heavy atom. The highest BCUT2D eigenvalue weighted by atomic mass is 16.3. The van der Waals surface area contributed by atoms with Crippen LogP contribution in [0.3, 0.4) is 0 Å². The van der Waals surface area contributed by atoms with Gasteiger partial charge in [-0.25, -0.2) is 0 Å². The standard InChI is InChI=1S/C15H30N2O2/c1-11(2)13(4)17-14(18)9-16-10-15(19)7-5-12(3)6-8-15/h11-13,16,19H,5-10H2,1-4H3,(H,17,18). The molecule has 1 atom stereocenters. The van der Waals surface area contributed by atoms with E-state index < -0.39 is 5.60 Å². The Hall–Kier alpha value is -0.610. The van der Waals surface area contributed by atoms with Crippen LogP contribution < -0.4 is 10.6 Å². The van der Waals surface area contributed by atoms with Gasteiger partial charge < -0.3 is 15.7 Å². The van der Waals surface area contributed by atoms with E-state index in [-0.39, 0.29) is 18.5 Å². The molecule has 0 spiro atoms. The molecule has 3 N–H and O–H groups in total. The van der Waals surface area contributed by atoms with Gasteiger partial charge in [0.1, 0.15) is 0 Å². The smallest absolute Gasteiger partial charge is 0.234 e. The summed E-state index contributed by atoms with van der Waals surface area (Å²) in [5, 5.41) is 16.4. The number of hydrogen-bond donors (Lipinski definition) is 3. The number of hydrogen-bond acceptors (Lipinski definition) is 3. The van der Waals surface area contributed by atoms with Crippen LogP contribution in [0.1, 0.15) is 53.4 Å². The topological polar surface area (TPSA) is 61.4 Å². The molecule has 0 aromatic rings. The zero-order valence-electron chi connectivity index (χ0n) is 12.8. The fraction of sp³-hybridized carbons (Fsp3) is 0.933. The molecule has 0 aliphatic heterocycles. The molecule has 4 nitrogen and oxygen atoms in total. The molecule has 1 rings (SSSR count). The van der Waals surface area contributed by atoms with Gasteiger partial charge in [-0.2, -0.15) is 0 Å². The first-order chi connectivity index (χ1) is 8.82. The maximum atomic E-state index is 11.7. The minimum atomic E-state index is -0.615. The molecule has 0 radical (unpaired) electrons. The summed E-state index contributed by atoms with van der Waals surface area (Å²) in [5.41, 5.74) is -0.615. The molecule has 19 heavy (non-hydrogen) atoms. The van der Waals surface area contributed by atoms with Gasteiger partial charge in [-0.3, -0.25) is 4.79 Å². The van der Waals surface area contributed by atoms with Crippen LogP contribution in [0.5, 0.6) is 0 Å². The number of aliphatic hydroxyl groups is 1. The van der Waals surface area contributed by atoms with Crippen molar-refractivity contribution in [2.75, 3.05) is 13.1 Å². The number of carbonyl (C=O) groups is 1. The van der Waals surface area contributed by atoms with Gasteiger partial charge in [0.05, 0.1) is 12.1 Å². The molecule has 1 unspecified atom stereocenters. The van der Waals surface area contributed by atoms with Crippen LogP contribution in [0.4, 0.5) is 0 Å². The molecule has 0 heterocycles. The monoisotopic (exact) mass is 270 g/mol. The summed E-state index contributed by atoms with van der Waals surface area (Å²) < 4.78 is 0. The molecule has 112 valence electrons. The Morgan fingerprint density at radius 1 is 1.32 bits per heavy atom. The molecule has 1 aliphatic carbocycles. The van der Waals surface area contributed by atoms with Crippen LogP contribution in [-0.4, -0.2) is 35.7 Å². The minimum Gasteiger partial charge on any atom is -0.389 e. The van der Waals surface area contributed by atoms with Gasteiger partial charge in [0, 0.05) is 12.6 Å². The van der Waals surface area contributed by atoms with Gasteiger partial charge in [-0.05, 0) is 44.4 Å². The van der Waals surface area contributed by atoms with Gasteiger partial charge in [0.15, 0.2) is 0 Å². The second kappa shape index (κ2) is 7.25. The highest BCUT2D eigenvalue weighted by Crippen LogP contribution is 2.31. The molecule has 1 fully saturated rings. The quantitative estimate of drug-likeness (QED) is 0.688. The van der Waals surface area contributed by atoms with E-state index in [1.165, 1.54) is 0 Å². The van der Waals surface area contributed by atoms with Crippen molar-refractivity contribution in [2.24, 2.45) is 11.8 Å². The fourth-order valence-corrected chi connectivity index (χ4v) is 2.36. The molecule has 0 aromatic carbocycles. The zero-order valence-corrected chi connectivity index (χ0v) is 12.8. The summed E-state index contributed by atoms with van der Waals surface area (Å²) in [5.74, 6) is 1.16. The summed E-state index contributed by atoms with van der Waals surface area (Å²) in [6.07, 6.45) is 3.83. The van der Waals surface area contributed by atoms with Gasteiger partial charge in [-0.15, -0.1) is 0 Å². The third-order valence-corrected chi connectivity index (χ3v) is 4.33. The lowest BCUT2D eigenvalue weighted by atomic mass is 9.79. The van der Waals surface area contributed by atoms with E-state index >= 15 is 0 Å². The number of rotatable bonds is 6. The summed E-state index contributed by atoms with van der Waals surface area (Å²) in [6.45, 7) is 9.22. The average Bonchev–Trinajstić information content (AvgIpc) is 2.33. The van der Waals surface area contributed by atoms with Gasteiger partial charge in [-0.1, -0.05) is 20.8 Å². The highest BCUT2D eigenvalue weighted by molar-refractivity contribution is 5.78. The minimum absolute atomic E-state index is 0.00831. The van der Waals surface area contributed by atoms with Crippen molar-refractivity contribution in [1.29, 1.82) is 0 Å². The van der Waals surface area contributed by atoms with Crippen LogP contribution >= 0.6 is 0 Å². The second-order valence-corrected chi connectivity index (χ2v) is 6.61. The normalized spacial score (nSPS) is 29.3. The van der Waals surface area contributed by atoms with E-state index in [1.807, 2.05) is 6.92 Å². The Kier molecular flexibility index (Phi) is 6.27. The van der Waals surface area contributed by atoms with Crippen molar-refractivity contribution in [1.82, 2.24) is 10.6 Å². The molecule has 1 saturated carbocycles. The van der Waals surface area contributed by atoms with E-state index in [9.17, 15) is 9.90 Å². The summed E-state index contributed by atoms with van der Waals surface area (Å²) in [4.78, 5) is 11.7. The Bertz CT molecular complexity index is 284. The number of amides is 1. The van der Waals surface area contributed by atoms with Crippen LogP contribution in [0.25, 0.3) is 0 Å². The lowest BCUT2D eigenvalue weighted by Gasteiger charge is -2.35. The van der Waals surface area contributed by atoms with Crippen molar-refractivity contribution < 1.29 is 9.90 Å². The van der Waals surface area contributed by atoms with Crippen LogP contribution in [0, 0.1) is 11.8 Å². The average molecular weight is 270 g/mol. The third-order valence-electron chi connectivity index (χ3n) is 4.33. The number of carbonyl (C=O) groups excluding carboxylic acids is 1. The zero-order chi connectivity index (χ0) is 14.5. The van der Waals surface area contributed by atoms with E-state index in [2.05, 4.69) is 31.4 Å². The van der Waals surface area contributed by atoms with Gasteiger partial charge >= 0.3 is 0 Å². The second-order valence-electron chi connectivity index (χ2n) is 6.61. The maximum Gasteiger partial charge on any atom is 0.234 e. The first-order valence-corrected chi connectivity index (χ1v) is 7.55. The fourth-order valence-electron chi connectivity index (χ4n) is 2.36. The van der Waals surface area contributed by atoms with E-state index in [0.29, 0.717) is 12.5 Å². The largest absolute Gasteiger partial charge is 0.389 e. The number of nitrogens with one attached hydrogen (secondary N) is 2. The molecule has 1 amide bonds. The molecule has 0 bridgehead atoms. The van der Waals surface area contributed by atoms with Gasteiger partial charge in [0.25, 0.3) is 0 Å². The van der Waals surface area contributed by atoms with E-state index in [1.54, 1.807) is 0 Å². The molecular formula is C15H30N2O2. The van der Waals surface area contributed by atoms with Crippen LogP contribution in [0.2, 0.25) is 0 Å². The predicted molar refractivity (Wildman–Crippen MR) is 77.9 cm³/mol. The van der Waals surface area contributed by atoms with Gasteiger partial charge in [0.2, 0.25) is 5.91 Å². The first kappa shape index (κ1) is 16.4. The Labute approximate surface area is 117 Å². The summed E-state index contributed by atoms with van der Waals surface area (Å²) in [6, 6.07) is 0.188. The summed E-state index contributed by atoms with van der Waals surface area (Å²) in [7, 11) is 0. The molecule has 0 aromatic heterocycles. The third kappa shape index (κ3) is 5.91. The Balaban J connectivity index is 2.21. The highest BCUT2D eigenvalue weighted by Gasteiger charge is 2.31. The first-order valence-electron chi connectivity index (χ1n) is 7.55. The van der Waals surface area contributed by atoms with E-state index in [0.717, 1.165) is 31.6 Å². The maximum absolute atomic E-state index is 11.7. The molecule has 4 heteroatoms. The Morgan fingerprint density at radius 2 is 1.89 bits per heavy atom. The SMILES string of the molecule is CC1CCC(O)(CNCC(=O)NC(C)C(C)C)CC1. The lowest BCUT2D eigenvalue weighted by Crippen LogP contribution is -2.47. The van der Waals surface area contributed by atoms with Crippen LogP contribution in [-0.2, 0) is 4.79 Å². The van der Waals surface area contributed by atoms with Crippen molar-refractivity contribution in [3.05, 3.63) is 0 Å². The molecular weight excluding hydrogens is 240 g/mol. The van der Waals surface area contributed by atoms with Crippen molar-refractivity contribution in [3.8, 4) is 0 Å². The van der Waals surface area contributed by atoms with Crippen molar-refractivity contribution in [3.63, 3.8) is 0 Å². The predicted octanol–water partition coefficient (Wildman–Crippen LogP) is 1.68. The molecule has 1 aliphatic rings. The van der Waals surface area contributed by atoms with Crippen molar-refractivity contribution >= 4 is 5.91 Å². The van der Waals surface area contributed by atoms with E-state index in [4.69, 9.17) is 0 Å². The summed E-state index contributed by atoms with van der Waals surface area (Å²) >= 11 is 0. The molecule has 0 saturated heterocycles. The lowest BCUT2D eigenvalue weighted by molar-refractivity contribution is -0.121.